The molecule has 1 atom stereocenters. The van der Waals surface area contributed by atoms with Crippen molar-refractivity contribution >= 4 is 5.91 Å². The Hall–Kier alpha value is -2.32. The summed E-state index contributed by atoms with van der Waals surface area (Å²) in [6.45, 7) is 3.51. The number of nitrogens with zero attached hydrogens (tertiary/aromatic N) is 4. The van der Waals surface area contributed by atoms with E-state index in [1.807, 2.05) is 0 Å². The van der Waals surface area contributed by atoms with Crippen LogP contribution in [-0.4, -0.2) is 57.7 Å². The van der Waals surface area contributed by atoms with Gasteiger partial charge in [-0.15, -0.1) is 5.10 Å². The molecule has 0 spiro atoms. The Morgan fingerprint density at radius 2 is 1.92 bits per heavy atom. The SMILES string of the molecule is Cc1nc(C(=O)N2CCCCC2C2OCCO2)nn1-c1ccc(F)cc1. The van der Waals surface area contributed by atoms with E-state index in [9.17, 15) is 9.18 Å². The average Bonchev–Trinajstić information content (AvgIpc) is 3.32. The lowest BCUT2D eigenvalue weighted by atomic mass is 10.0. The molecule has 1 aromatic carbocycles. The van der Waals surface area contributed by atoms with Crippen molar-refractivity contribution in [1.82, 2.24) is 19.7 Å². The van der Waals surface area contributed by atoms with Crippen LogP contribution in [0.15, 0.2) is 24.3 Å². The lowest BCUT2D eigenvalue weighted by Crippen LogP contribution is -2.50. The van der Waals surface area contributed by atoms with Crippen LogP contribution in [-0.2, 0) is 9.47 Å². The van der Waals surface area contributed by atoms with Gasteiger partial charge in [0.2, 0.25) is 5.82 Å². The van der Waals surface area contributed by atoms with Gasteiger partial charge in [-0.1, -0.05) is 0 Å². The topological polar surface area (TPSA) is 69.5 Å². The Morgan fingerprint density at radius 1 is 1.19 bits per heavy atom. The molecule has 0 saturated carbocycles. The molecular formula is C18H21FN4O3. The van der Waals surface area contributed by atoms with Crippen LogP contribution in [0.4, 0.5) is 4.39 Å². The van der Waals surface area contributed by atoms with E-state index in [0.29, 0.717) is 31.3 Å². The summed E-state index contributed by atoms with van der Waals surface area (Å²) in [5.41, 5.74) is 0.660. The maximum absolute atomic E-state index is 13.1. The van der Waals surface area contributed by atoms with Gasteiger partial charge < -0.3 is 14.4 Å². The van der Waals surface area contributed by atoms with Crippen molar-refractivity contribution in [2.45, 2.75) is 38.5 Å². The number of carbonyl (C=O) groups excluding carboxylic acids is 1. The molecule has 7 nitrogen and oxygen atoms in total. The van der Waals surface area contributed by atoms with Crippen molar-refractivity contribution in [3.8, 4) is 5.69 Å². The second-order valence-corrected chi connectivity index (χ2v) is 6.54. The van der Waals surface area contributed by atoms with Gasteiger partial charge in [-0.2, -0.15) is 0 Å². The minimum absolute atomic E-state index is 0.114. The van der Waals surface area contributed by atoms with Gasteiger partial charge in [-0.3, -0.25) is 4.79 Å². The van der Waals surface area contributed by atoms with Gasteiger partial charge in [0.25, 0.3) is 5.91 Å². The third-order valence-corrected chi connectivity index (χ3v) is 4.80. The Bertz CT molecular complexity index is 786. The van der Waals surface area contributed by atoms with Crippen molar-refractivity contribution in [2.75, 3.05) is 19.8 Å². The van der Waals surface area contributed by atoms with Gasteiger partial charge in [0.15, 0.2) is 6.29 Å². The van der Waals surface area contributed by atoms with Crippen LogP contribution in [0, 0.1) is 12.7 Å². The fourth-order valence-corrected chi connectivity index (χ4v) is 3.53. The summed E-state index contributed by atoms with van der Waals surface area (Å²) in [4.78, 5) is 19.1. The fraction of sp³-hybridized carbons (Fsp3) is 0.500. The summed E-state index contributed by atoms with van der Waals surface area (Å²) >= 11 is 0. The molecule has 1 unspecified atom stereocenters. The number of amides is 1. The molecule has 0 aliphatic carbocycles. The second kappa shape index (κ2) is 7.13. The summed E-state index contributed by atoms with van der Waals surface area (Å²) in [5, 5.41) is 4.36. The van der Waals surface area contributed by atoms with E-state index in [-0.39, 0.29) is 29.9 Å². The molecule has 2 aliphatic heterocycles. The fourth-order valence-electron chi connectivity index (χ4n) is 3.53. The van der Waals surface area contributed by atoms with Crippen LogP contribution in [0.1, 0.15) is 35.7 Å². The first-order valence-corrected chi connectivity index (χ1v) is 8.87. The molecule has 2 aromatic rings. The molecule has 2 saturated heterocycles. The number of rotatable bonds is 3. The number of piperidine rings is 1. The Labute approximate surface area is 150 Å². The van der Waals surface area contributed by atoms with E-state index < -0.39 is 0 Å². The largest absolute Gasteiger partial charge is 0.348 e. The highest BCUT2D eigenvalue weighted by molar-refractivity contribution is 5.90. The molecule has 8 heteroatoms. The third kappa shape index (κ3) is 3.22. The number of likely N-dealkylation sites (tertiary alicyclic amines) is 1. The first kappa shape index (κ1) is 17.1. The standard InChI is InChI=1S/C18H21FN4O3/c1-12-20-16(21-23(12)14-7-5-13(19)6-8-14)17(24)22-9-3-2-4-15(22)18-25-10-11-26-18/h5-8,15,18H,2-4,9-11H2,1H3. The van der Waals surface area contributed by atoms with Gasteiger partial charge in [-0.05, 0) is 50.5 Å². The molecular weight excluding hydrogens is 339 g/mol. The van der Waals surface area contributed by atoms with E-state index in [0.717, 1.165) is 19.3 Å². The van der Waals surface area contributed by atoms with Crippen LogP contribution in [0.2, 0.25) is 0 Å². The highest BCUT2D eigenvalue weighted by Gasteiger charge is 2.37. The maximum Gasteiger partial charge on any atom is 0.293 e. The third-order valence-electron chi connectivity index (χ3n) is 4.80. The predicted octanol–water partition coefficient (Wildman–Crippen LogP) is 2.08. The molecule has 4 rings (SSSR count). The van der Waals surface area contributed by atoms with Crippen LogP contribution in [0.5, 0.6) is 0 Å². The molecule has 0 N–H and O–H groups in total. The number of hydrogen-bond donors (Lipinski definition) is 0. The monoisotopic (exact) mass is 360 g/mol. The first-order valence-electron chi connectivity index (χ1n) is 8.87. The van der Waals surface area contributed by atoms with Gasteiger partial charge >= 0.3 is 0 Å². The molecule has 0 bridgehead atoms. The Kier molecular flexibility index (Phi) is 4.69. The van der Waals surface area contributed by atoms with E-state index in [1.165, 1.54) is 12.1 Å². The van der Waals surface area contributed by atoms with Crippen LogP contribution < -0.4 is 0 Å². The van der Waals surface area contributed by atoms with Gasteiger partial charge in [0.05, 0.1) is 24.9 Å². The summed E-state index contributed by atoms with van der Waals surface area (Å²) < 4.78 is 25.9. The van der Waals surface area contributed by atoms with E-state index >= 15 is 0 Å². The highest BCUT2D eigenvalue weighted by atomic mass is 19.1. The lowest BCUT2D eigenvalue weighted by molar-refractivity contribution is -0.100. The molecule has 2 fully saturated rings. The molecule has 1 amide bonds. The molecule has 3 heterocycles. The molecule has 1 aromatic heterocycles. The molecule has 138 valence electrons. The zero-order chi connectivity index (χ0) is 18.1. The first-order chi connectivity index (χ1) is 12.6. The summed E-state index contributed by atoms with van der Waals surface area (Å²) in [7, 11) is 0. The summed E-state index contributed by atoms with van der Waals surface area (Å²) in [6, 6.07) is 5.81. The average molecular weight is 360 g/mol. The van der Waals surface area contributed by atoms with E-state index in [4.69, 9.17) is 9.47 Å². The molecule has 26 heavy (non-hydrogen) atoms. The number of carbonyl (C=O) groups is 1. The zero-order valence-electron chi connectivity index (χ0n) is 14.6. The zero-order valence-corrected chi connectivity index (χ0v) is 14.6. The number of ether oxygens (including phenoxy) is 2. The summed E-state index contributed by atoms with van der Waals surface area (Å²) in [5.74, 6) is 0.159. The van der Waals surface area contributed by atoms with Crippen LogP contribution >= 0.6 is 0 Å². The predicted molar refractivity (Wildman–Crippen MR) is 90.4 cm³/mol. The number of aryl methyl sites for hydroxylation is 1. The minimum Gasteiger partial charge on any atom is -0.348 e. The van der Waals surface area contributed by atoms with Crippen molar-refractivity contribution in [3.05, 3.63) is 41.7 Å². The van der Waals surface area contributed by atoms with Gasteiger partial charge in [0.1, 0.15) is 11.6 Å². The lowest BCUT2D eigenvalue weighted by Gasteiger charge is -2.37. The number of halogens is 1. The van der Waals surface area contributed by atoms with Crippen molar-refractivity contribution in [3.63, 3.8) is 0 Å². The Balaban J connectivity index is 1.59. The van der Waals surface area contributed by atoms with E-state index in [1.54, 1.807) is 28.6 Å². The van der Waals surface area contributed by atoms with E-state index in [2.05, 4.69) is 10.1 Å². The number of hydrogen-bond acceptors (Lipinski definition) is 5. The van der Waals surface area contributed by atoms with Crippen LogP contribution in [0.3, 0.4) is 0 Å². The number of aromatic nitrogens is 3. The van der Waals surface area contributed by atoms with Gasteiger partial charge in [0, 0.05) is 6.54 Å². The normalized spacial score (nSPS) is 21.3. The quantitative estimate of drug-likeness (QED) is 0.838. The summed E-state index contributed by atoms with van der Waals surface area (Å²) in [6.07, 6.45) is 2.44. The molecule has 2 aliphatic rings. The molecule has 0 radical (unpaired) electrons. The minimum atomic E-state index is -0.375. The smallest absolute Gasteiger partial charge is 0.293 e. The van der Waals surface area contributed by atoms with Gasteiger partial charge in [-0.25, -0.2) is 14.1 Å². The van der Waals surface area contributed by atoms with Crippen molar-refractivity contribution < 1.29 is 18.7 Å². The van der Waals surface area contributed by atoms with Crippen LogP contribution in [0.25, 0.3) is 5.69 Å². The maximum atomic E-state index is 13.1. The van der Waals surface area contributed by atoms with Crippen molar-refractivity contribution in [2.24, 2.45) is 0 Å². The highest BCUT2D eigenvalue weighted by Crippen LogP contribution is 2.25. The Morgan fingerprint density at radius 3 is 2.65 bits per heavy atom. The number of benzene rings is 1. The van der Waals surface area contributed by atoms with Crippen molar-refractivity contribution in [1.29, 1.82) is 0 Å². The second-order valence-electron chi connectivity index (χ2n) is 6.54.